The van der Waals surface area contributed by atoms with Crippen molar-refractivity contribution in [1.29, 1.82) is 0 Å². The van der Waals surface area contributed by atoms with Crippen molar-refractivity contribution in [3.8, 4) is 67.3 Å². The first kappa shape index (κ1) is 33.2. The lowest BCUT2D eigenvalue weighted by molar-refractivity contribution is 0.661. The molecule has 9 aromatic carbocycles. The Balaban J connectivity index is 1.07. The third kappa shape index (κ3) is 5.48. The van der Waals surface area contributed by atoms with Crippen LogP contribution in [0.15, 0.2) is 194 Å². The second-order valence-electron chi connectivity index (χ2n) is 15.8. The van der Waals surface area contributed by atoms with Crippen LogP contribution in [0.2, 0.25) is 0 Å². The molecule has 0 saturated carbocycles. The summed E-state index contributed by atoms with van der Waals surface area (Å²) in [6.45, 7) is 4.71. The molecule has 0 bridgehead atoms. The zero-order chi connectivity index (χ0) is 38.1. The summed E-state index contributed by atoms with van der Waals surface area (Å²) in [6, 6.07) is 70.2. The molecule has 10 aromatic rings. The monoisotopic (exact) mass is 726 g/mol. The summed E-state index contributed by atoms with van der Waals surface area (Å²) in [4.78, 5) is 10.7. The molecule has 1 aliphatic rings. The molecule has 0 unspecified atom stereocenters. The smallest absolute Gasteiger partial charge is 0.161 e. The average Bonchev–Trinajstić information content (AvgIpc) is 3.49. The Labute approximate surface area is 332 Å². The van der Waals surface area contributed by atoms with Crippen molar-refractivity contribution in [3.05, 3.63) is 205 Å². The van der Waals surface area contributed by atoms with Gasteiger partial charge in [0.05, 0.1) is 11.4 Å². The minimum Gasteiger partial charge on any atom is -0.228 e. The quantitative estimate of drug-likeness (QED) is 0.176. The van der Waals surface area contributed by atoms with Crippen LogP contribution in [0.25, 0.3) is 99.6 Å². The number of rotatable bonds is 5. The molecular weight excluding hydrogens is 689 g/mol. The van der Waals surface area contributed by atoms with Crippen molar-refractivity contribution in [3.63, 3.8) is 0 Å². The van der Waals surface area contributed by atoms with Gasteiger partial charge in [-0.1, -0.05) is 178 Å². The van der Waals surface area contributed by atoms with Crippen LogP contribution in [0.1, 0.15) is 25.0 Å². The van der Waals surface area contributed by atoms with E-state index in [2.05, 4.69) is 208 Å². The lowest BCUT2D eigenvalue weighted by Gasteiger charge is -2.22. The maximum atomic E-state index is 5.37. The molecule has 1 heterocycles. The molecular formula is C55H38N2. The molecule has 0 fully saturated rings. The fourth-order valence-electron chi connectivity index (χ4n) is 9.12. The molecule has 0 aliphatic heterocycles. The van der Waals surface area contributed by atoms with Gasteiger partial charge in [-0.2, -0.15) is 0 Å². The zero-order valence-electron chi connectivity index (χ0n) is 31.9. The van der Waals surface area contributed by atoms with Gasteiger partial charge < -0.3 is 0 Å². The van der Waals surface area contributed by atoms with Crippen LogP contribution in [0.5, 0.6) is 0 Å². The fourth-order valence-corrected chi connectivity index (χ4v) is 9.12. The summed E-state index contributed by atoms with van der Waals surface area (Å²) in [5.74, 6) is 0.710. The van der Waals surface area contributed by atoms with E-state index in [0.29, 0.717) is 5.82 Å². The SMILES string of the molecule is CC1(C)c2ccc(-c3ccc(-c4nc(-c5ccc(-c6ccccc6)cc5)cc(-c5cccc6ccccc56)n4)c4ccccc34)cc2-c2cc3ccccc3cc21. The molecule has 1 aromatic heterocycles. The molecule has 0 saturated heterocycles. The predicted molar refractivity (Wildman–Crippen MR) is 239 cm³/mol. The van der Waals surface area contributed by atoms with Crippen molar-refractivity contribution < 1.29 is 0 Å². The highest BCUT2D eigenvalue weighted by atomic mass is 14.9. The first-order chi connectivity index (χ1) is 28.0. The van der Waals surface area contributed by atoms with E-state index in [4.69, 9.17) is 9.97 Å². The van der Waals surface area contributed by atoms with Gasteiger partial charge in [-0.25, -0.2) is 9.97 Å². The Kier molecular flexibility index (Phi) is 7.55. The first-order valence-corrected chi connectivity index (χ1v) is 19.7. The third-order valence-electron chi connectivity index (χ3n) is 12.1. The van der Waals surface area contributed by atoms with E-state index in [-0.39, 0.29) is 5.41 Å². The molecule has 2 nitrogen and oxygen atoms in total. The predicted octanol–water partition coefficient (Wildman–Crippen LogP) is 14.6. The Morgan fingerprint density at radius 3 is 1.67 bits per heavy atom. The van der Waals surface area contributed by atoms with Crippen LogP contribution in [-0.4, -0.2) is 9.97 Å². The van der Waals surface area contributed by atoms with Crippen LogP contribution < -0.4 is 0 Å². The molecule has 1 aliphatic carbocycles. The second-order valence-corrected chi connectivity index (χ2v) is 15.8. The largest absolute Gasteiger partial charge is 0.228 e. The van der Waals surface area contributed by atoms with Crippen molar-refractivity contribution in [2.45, 2.75) is 19.3 Å². The summed E-state index contributed by atoms with van der Waals surface area (Å²) < 4.78 is 0. The molecule has 0 amide bonds. The lowest BCUT2D eigenvalue weighted by Crippen LogP contribution is -2.14. The van der Waals surface area contributed by atoms with Gasteiger partial charge >= 0.3 is 0 Å². The van der Waals surface area contributed by atoms with Gasteiger partial charge in [0.15, 0.2) is 5.82 Å². The standard InChI is InChI=1S/C55H38N2/c1-55(2)50-30-27-41(32-48(50)49-31-39-16-6-7-17-40(39)33-51(49)55)43-28-29-47(45-21-11-10-20-44(43)45)54-56-52(38-25-23-36(24-26-38)35-13-4-3-5-14-35)34-53(57-54)46-22-12-18-37-15-8-9-19-42(37)46/h3-34H,1-2H3. The second kappa shape index (κ2) is 13.0. The molecule has 57 heavy (non-hydrogen) atoms. The van der Waals surface area contributed by atoms with Crippen LogP contribution in [-0.2, 0) is 5.41 Å². The highest BCUT2D eigenvalue weighted by molar-refractivity contribution is 6.05. The van der Waals surface area contributed by atoms with Crippen LogP contribution >= 0.6 is 0 Å². The van der Waals surface area contributed by atoms with Crippen LogP contribution in [0, 0.1) is 0 Å². The van der Waals surface area contributed by atoms with E-state index >= 15 is 0 Å². The Bertz CT molecular complexity index is 3190. The molecule has 11 rings (SSSR count). The molecule has 0 radical (unpaired) electrons. The van der Waals surface area contributed by atoms with E-state index in [0.717, 1.165) is 33.5 Å². The first-order valence-electron chi connectivity index (χ1n) is 19.7. The maximum Gasteiger partial charge on any atom is 0.161 e. The van der Waals surface area contributed by atoms with Crippen molar-refractivity contribution in [2.24, 2.45) is 0 Å². The van der Waals surface area contributed by atoms with Gasteiger partial charge in [-0.15, -0.1) is 0 Å². The van der Waals surface area contributed by atoms with Gasteiger partial charge in [0.1, 0.15) is 0 Å². The summed E-state index contributed by atoms with van der Waals surface area (Å²) in [5, 5.41) is 7.23. The van der Waals surface area contributed by atoms with Crippen molar-refractivity contribution in [1.82, 2.24) is 9.97 Å². The van der Waals surface area contributed by atoms with Crippen LogP contribution in [0.4, 0.5) is 0 Å². The maximum absolute atomic E-state index is 5.37. The summed E-state index contributed by atoms with van der Waals surface area (Å²) >= 11 is 0. The highest BCUT2D eigenvalue weighted by Crippen LogP contribution is 2.51. The topological polar surface area (TPSA) is 25.8 Å². The fraction of sp³-hybridized carbons (Fsp3) is 0.0545. The van der Waals surface area contributed by atoms with Crippen LogP contribution in [0.3, 0.4) is 0 Å². The third-order valence-corrected chi connectivity index (χ3v) is 12.1. The molecule has 0 spiro atoms. The van der Waals surface area contributed by atoms with E-state index in [9.17, 15) is 0 Å². The summed E-state index contributed by atoms with van der Waals surface area (Å²) in [5.41, 5.74) is 15.1. The van der Waals surface area contributed by atoms with Gasteiger partial charge in [0.25, 0.3) is 0 Å². The normalized spacial score (nSPS) is 12.9. The zero-order valence-corrected chi connectivity index (χ0v) is 31.9. The van der Waals surface area contributed by atoms with Gasteiger partial charge in [0, 0.05) is 22.1 Å². The van der Waals surface area contributed by atoms with E-state index in [1.807, 2.05) is 0 Å². The van der Waals surface area contributed by atoms with E-state index in [1.54, 1.807) is 0 Å². The summed E-state index contributed by atoms with van der Waals surface area (Å²) in [7, 11) is 0. The molecule has 0 atom stereocenters. The Hall–Kier alpha value is -7.16. The number of hydrogen-bond donors (Lipinski definition) is 0. The van der Waals surface area contributed by atoms with Gasteiger partial charge in [-0.3, -0.25) is 0 Å². The Morgan fingerprint density at radius 1 is 0.316 bits per heavy atom. The number of hydrogen-bond acceptors (Lipinski definition) is 2. The highest BCUT2D eigenvalue weighted by Gasteiger charge is 2.36. The average molecular weight is 727 g/mol. The Morgan fingerprint density at radius 2 is 0.877 bits per heavy atom. The van der Waals surface area contributed by atoms with E-state index in [1.165, 1.54) is 71.4 Å². The van der Waals surface area contributed by atoms with Gasteiger partial charge in [-0.05, 0) is 107 Å². The molecule has 268 valence electrons. The van der Waals surface area contributed by atoms with Crippen molar-refractivity contribution >= 4 is 32.3 Å². The molecule has 2 heteroatoms. The van der Waals surface area contributed by atoms with Crippen molar-refractivity contribution in [2.75, 3.05) is 0 Å². The number of fused-ring (bicyclic) bond motifs is 6. The number of benzene rings is 9. The van der Waals surface area contributed by atoms with E-state index < -0.39 is 0 Å². The minimum atomic E-state index is -0.0782. The molecule has 0 N–H and O–H groups in total. The van der Waals surface area contributed by atoms with Gasteiger partial charge in [0.2, 0.25) is 0 Å². The number of aromatic nitrogens is 2. The lowest BCUT2D eigenvalue weighted by atomic mass is 9.81. The summed E-state index contributed by atoms with van der Waals surface area (Å²) in [6.07, 6.45) is 0. The number of nitrogens with zero attached hydrogens (tertiary/aromatic N) is 2. The minimum absolute atomic E-state index is 0.0782.